The molecule has 2 aromatic carbocycles. The molecule has 0 aromatic heterocycles. The molecule has 0 saturated carbocycles. The van der Waals surface area contributed by atoms with Gasteiger partial charge in [-0.15, -0.1) is 0 Å². The molecule has 0 radical (unpaired) electrons. The number of aryl methyl sites for hydroxylation is 1. The number of methoxy groups -OCH3 is 1. The zero-order valence-corrected chi connectivity index (χ0v) is 18.1. The maximum atomic E-state index is 13.4. The number of carbonyl (C=O) groups is 1. The lowest BCUT2D eigenvalue weighted by molar-refractivity contribution is -0.913. The van der Waals surface area contributed by atoms with E-state index in [0.29, 0.717) is 21.7 Å². The zero-order valence-electron chi connectivity index (χ0n) is 16.5. The van der Waals surface area contributed by atoms with Gasteiger partial charge in [0.15, 0.2) is 17.5 Å². The van der Waals surface area contributed by atoms with E-state index in [1.54, 1.807) is 7.11 Å². The molecule has 1 N–H and O–H groups in total. The number of carbonyl (C=O) groups excluding carboxylic acids is 1. The Labute approximate surface area is 175 Å². The molecule has 28 heavy (non-hydrogen) atoms. The van der Waals surface area contributed by atoms with E-state index in [4.69, 9.17) is 14.2 Å². The second-order valence-corrected chi connectivity index (χ2v) is 7.73. The molecule has 2 aromatic rings. The SMILES string of the molecule is COc1c2c(cc3c1C(C(=O)Nc1cccc(C)c1)[N+](C)(C)CC3)OCO2.[Br-]. The molecular formula is C21H25BrN2O4. The number of anilines is 1. The molecule has 0 saturated heterocycles. The van der Waals surface area contributed by atoms with Crippen molar-refractivity contribution in [3.8, 4) is 17.2 Å². The van der Waals surface area contributed by atoms with E-state index >= 15 is 0 Å². The molecule has 0 aliphatic carbocycles. The summed E-state index contributed by atoms with van der Waals surface area (Å²) >= 11 is 0. The van der Waals surface area contributed by atoms with Crippen molar-refractivity contribution in [2.24, 2.45) is 0 Å². The number of nitrogens with zero attached hydrogens (tertiary/aromatic N) is 1. The van der Waals surface area contributed by atoms with E-state index in [-0.39, 0.29) is 29.7 Å². The van der Waals surface area contributed by atoms with Crippen LogP contribution >= 0.6 is 0 Å². The van der Waals surface area contributed by atoms with Crippen LogP contribution < -0.4 is 36.5 Å². The van der Waals surface area contributed by atoms with Gasteiger partial charge in [-0.2, -0.15) is 0 Å². The number of amides is 1. The standard InChI is InChI=1S/C21H24N2O4.BrH/c1-13-6-5-7-15(10-13)22-21(24)18-17-14(8-9-23(18,2)3)11-16-19(20(17)25-4)27-12-26-16;/h5-7,10-11,18H,8-9,12H2,1-4H3;1H. The quantitative estimate of drug-likeness (QED) is 0.674. The number of benzene rings is 2. The molecule has 0 spiro atoms. The van der Waals surface area contributed by atoms with Crippen molar-refractivity contribution in [1.29, 1.82) is 0 Å². The van der Waals surface area contributed by atoms with Crippen molar-refractivity contribution in [2.75, 3.05) is 39.9 Å². The van der Waals surface area contributed by atoms with E-state index in [2.05, 4.69) is 19.4 Å². The van der Waals surface area contributed by atoms with Gasteiger partial charge in [-0.3, -0.25) is 4.79 Å². The lowest BCUT2D eigenvalue weighted by Crippen LogP contribution is -3.00. The Balaban J connectivity index is 0.00000225. The van der Waals surface area contributed by atoms with Crippen molar-refractivity contribution < 1.29 is 40.5 Å². The first kappa shape index (κ1) is 20.5. The number of hydrogen-bond donors (Lipinski definition) is 1. The van der Waals surface area contributed by atoms with Crippen LogP contribution in [0.1, 0.15) is 22.7 Å². The number of quaternary nitrogens is 1. The normalized spacial score (nSPS) is 18.6. The first-order valence-corrected chi connectivity index (χ1v) is 9.10. The molecule has 6 nitrogen and oxygen atoms in total. The van der Waals surface area contributed by atoms with Crippen LogP contribution in [0.5, 0.6) is 17.2 Å². The van der Waals surface area contributed by atoms with Crippen LogP contribution in [0.2, 0.25) is 0 Å². The molecular weight excluding hydrogens is 424 g/mol. The molecule has 2 aliphatic rings. The highest BCUT2D eigenvalue weighted by Crippen LogP contribution is 2.50. The monoisotopic (exact) mass is 448 g/mol. The van der Waals surface area contributed by atoms with Crippen LogP contribution in [0, 0.1) is 6.92 Å². The fraction of sp³-hybridized carbons (Fsp3) is 0.381. The third kappa shape index (κ3) is 3.44. The molecule has 2 aliphatic heterocycles. The van der Waals surface area contributed by atoms with Gasteiger partial charge in [-0.25, -0.2) is 0 Å². The van der Waals surface area contributed by atoms with Gasteiger partial charge in [0.1, 0.15) is 0 Å². The number of ether oxygens (including phenoxy) is 3. The van der Waals surface area contributed by atoms with Gasteiger partial charge >= 0.3 is 0 Å². The van der Waals surface area contributed by atoms with Crippen LogP contribution in [0.15, 0.2) is 30.3 Å². The maximum absolute atomic E-state index is 13.4. The summed E-state index contributed by atoms with van der Waals surface area (Å²) in [5, 5.41) is 3.09. The summed E-state index contributed by atoms with van der Waals surface area (Å²) in [6, 6.07) is 9.42. The van der Waals surface area contributed by atoms with Crippen molar-refractivity contribution in [3.05, 3.63) is 47.0 Å². The van der Waals surface area contributed by atoms with Crippen LogP contribution in [0.4, 0.5) is 5.69 Å². The minimum absolute atomic E-state index is 0. The van der Waals surface area contributed by atoms with Crippen LogP contribution in [0.25, 0.3) is 0 Å². The number of hydrogen-bond acceptors (Lipinski definition) is 4. The van der Waals surface area contributed by atoms with Gasteiger partial charge in [0.25, 0.3) is 5.91 Å². The average molecular weight is 449 g/mol. The van der Waals surface area contributed by atoms with Gasteiger partial charge in [0.2, 0.25) is 12.5 Å². The molecule has 150 valence electrons. The molecule has 7 heteroatoms. The Morgan fingerprint density at radius 1 is 1.25 bits per heavy atom. The van der Waals surface area contributed by atoms with Gasteiger partial charge in [0, 0.05) is 12.1 Å². The van der Waals surface area contributed by atoms with Crippen molar-refractivity contribution >= 4 is 11.6 Å². The zero-order chi connectivity index (χ0) is 19.2. The first-order chi connectivity index (χ1) is 12.9. The van der Waals surface area contributed by atoms with Crippen LogP contribution in [-0.4, -0.2) is 44.9 Å². The Kier molecular flexibility index (Phi) is 5.59. The highest BCUT2D eigenvalue weighted by Gasteiger charge is 2.45. The Morgan fingerprint density at radius 2 is 2.04 bits per heavy atom. The number of likely N-dealkylation sites (N-methyl/N-ethyl adjacent to an activating group) is 1. The third-order valence-electron chi connectivity index (χ3n) is 5.41. The molecule has 0 fully saturated rings. The largest absolute Gasteiger partial charge is 1.00 e. The summed E-state index contributed by atoms with van der Waals surface area (Å²) in [5.41, 5.74) is 3.87. The summed E-state index contributed by atoms with van der Waals surface area (Å²) in [6.07, 6.45) is 0.851. The second-order valence-electron chi connectivity index (χ2n) is 7.73. The van der Waals surface area contributed by atoms with Crippen LogP contribution in [0.3, 0.4) is 0 Å². The molecule has 1 atom stereocenters. The summed E-state index contributed by atoms with van der Waals surface area (Å²) in [4.78, 5) is 13.4. The lowest BCUT2D eigenvalue weighted by atomic mass is 9.88. The van der Waals surface area contributed by atoms with Gasteiger partial charge < -0.3 is 41.0 Å². The van der Waals surface area contributed by atoms with E-state index in [1.165, 1.54) is 0 Å². The number of fused-ring (bicyclic) bond motifs is 2. The molecule has 1 amide bonds. The number of rotatable bonds is 3. The highest BCUT2D eigenvalue weighted by molar-refractivity contribution is 5.96. The minimum atomic E-state index is -0.404. The molecule has 2 heterocycles. The summed E-state index contributed by atoms with van der Waals surface area (Å²) in [6.45, 7) is 3.03. The van der Waals surface area contributed by atoms with Crippen molar-refractivity contribution in [1.82, 2.24) is 0 Å². The minimum Gasteiger partial charge on any atom is -1.00 e. The topological polar surface area (TPSA) is 56.8 Å². The maximum Gasteiger partial charge on any atom is 0.287 e. The Morgan fingerprint density at radius 3 is 2.75 bits per heavy atom. The van der Waals surface area contributed by atoms with E-state index in [9.17, 15) is 4.79 Å². The summed E-state index contributed by atoms with van der Waals surface area (Å²) in [5.74, 6) is 1.83. The van der Waals surface area contributed by atoms with E-state index in [0.717, 1.165) is 35.3 Å². The van der Waals surface area contributed by atoms with Gasteiger partial charge in [-0.05, 0) is 36.2 Å². The van der Waals surface area contributed by atoms with E-state index < -0.39 is 6.04 Å². The predicted octanol–water partition coefficient (Wildman–Crippen LogP) is 0.0486. The molecule has 1 unspecified atom stereocenters. The highest BCUT2D eigenvalue weighted by atomic mass is 79.9. The van der Waals surface area contributed by atoms with Crippen molar-refractivity contribution in [3.63, 3.8) is 0 Å². The molecule has 4 rings (SSSR count). The first-order valence-electron chi connectivity index (χ1n) is 9.10. The molecule has 0 bridgehead atoms. The Bertz CT molecular complexity index is 914. The average Bonchev–Trinajstić information content (AvgIpc) is 3.07. The fourth-order valence-corrected chi connectivity index (χ4v) is 4.06. The third-order valence-corrected chi connectivity index (χ3v) is 5.41. The number of halogens is 1. The lowest BCUT2D eigenvalue weighted by Gasteiger charge is -2.42. The van der Waals surface area contributed by atoms with Gasteiger partial charge in [-0.1, -0.05) is 12.1 Å². The Hall–Kier alpha value is -2.25. The smallest absolute Gasteiger partial charge is 0.287 e. The van der Waals surface area contributed by atoms with Crippen LogP contribution in [-0.2, 0) is 11.2 Å². The van der Waals surface area contributed by atoms with E-state index in [1.807, 2.05) is 37.3 Å². The van der Waals surface area contributed by atoms with Gasteiger partial charge in [0.05, 0.1) is 33.3 Å². The fourth-order valence-electron chi connectivity index (χ4n) is 4.06. The number of nitrogens with one attached hydrogen (secondary N) is 1. The predicted molar refractivity (Wildman–Crippen MR) is 102 cm³/mol. The summed E-state index contributed by atoms with van der Waals surface area (Å²) in [7, 11) is 5.77. The van der Waals surface area contributed by atoms with Crippen molar-refractivity contribution in [2.45, 2.75) is 19.4 Å². The second kappa shape index (κ2) is 7.64. The summed E-state index contributed by atoms with van der Waals surface area (Å²) < 4.78 is 17.4.